The van der Waals surface area contributed by atoms with Crippen LogP contribution in [0.3, 0.4) is 0 Å². The Labute approximate surface area is 213 Å². The number of hydrogen-bond donors (Lipinski definition) is 1. The lowest BCUT2D eigenvalue weighted by Crippen LogP contribution is -2.64. The molecule has 0 aromatic heterocycles. The van der Waals surface area contributed by atoms with E-state index in [2.05, 4.69) is 5.32 Å². The average Bonchev–Trinajstić information content (AvgIpc) is 2.91. The van der Waals surface area contributed by atoms with Gasteiger partial charge in [-0.3, -0.25) is 4.79 Å². The van der Waals surface area contributed by atoms with Crippen LogP contribution in [0.25, 0.3) is 0 Å². The molecule has 0 bridgehead atoms. The Balaban J connectivity index is 1.55. The maximum absolute atomic E-state index is 13.7. The van der Waals surface area contributed by atoms with E-state index in [0.717, 1.165) is 22.4 Å². The van der Waals surface area contributed by atoms with E-state index in [1.165, 1.54) is 0 Å². The van der Waals surface area contributed by atoms with Gasteiger partial charge in [0.15, 0.2) is 0 Å². The standard InChI is InChI=1S/C30H34N2O4/c1-20(2)27(31-30(34)36-19-22-11-7-5-8-12-22)26-28(24-13-9-6-10-14-24)32(29(26)33)21(3)23-15-17-25(35-4)18-16-23/h5-18,20-21,26-28H,19H2,1-4H3,(H,31,34)/t21-,26+,27+,28+/m1/s1. The van der Waals surface area contributed by atoms with Gasteiger partial charge in [0.05, 0.1) is 25.1 Å². The summed E-state index contributed by atoms with van der Waals surface area (Å²) in [6.07, 6.45) is -0.515. The maximum atomic E-state index is 13.7. The number of carbonyl (C=O) groups excluding carboxylic acids is 2. The molecule has 1 fully saturated rings. The number of nitrogens with one attached hydrogen (secondary N) is 1. The fourth-order valence-electron chi connectivity index (χ4n) is 4.95. The molecule has 4 rings (SSSR count). The molecule has 1 N–H and O–H groups in total. The number of methoxy groups -OCH3 is 1. The second-order valence-corrected chi connectivity index (χ2v) is 9.55. The molecule has 1 saturated heterocycles. The van der Waals surface area contributed by atoms with Crippen LogP contribution in [-0.2, 0) is 16.1 Å². The lowest BCUT2D eigenvalue weighted by Gasteiger charge is -2.53. The number of nitrogens with zero attached hydrogens (tertiary/aromatic N) is 1. The number of amides is 2. The molecule has 6 heteroatoms. The van der Waals surface area contributed by atoms with Crippen molar-refractivity contribution in [2.24, 2.45) is 11.8 Å². The summed E-state index contributed by atoms with van der Waals surface area (Å²) >= 11 is 0. The van der Waals surface area contributed by atoms with Crippen molar-refractivity contribution in [1.29, 1.82) is 0 Å². The summed E-state index contributed by atoms with van der Waals surface area (Å²) in [5, 5.41) is 3.01. The first-order valence-corrected chi connectivity index (χ1v) is 12.4. The molecule has 36 heavy (non-hydrogen) atoms. The van der Waals surface area contributed by atoms with E-state index in [-0.39, 0.29) is 36.6 Å². The van der Waals surface area contributed by atoms with Crippen molar-refractivity contribution >= 4 is 12.0 Å². The van der Waals surface area contributed by atoms with Crippen molar-refractivity contribution in [3.63, 3.8) is 0 Å². The van der Waals surface area contributed by atoms with Crippen LogP contribution < -0.4 is 10.1 Å². The molecule has 1 heterocycles. The molecule has 3 aromatic carbocycles. The number of rotatable bonds is 9. The van der Waals surface area contributed by atoms with Crippen molar-refractivity contribution in [3.05, 3.63) is 102 Å². The number of ether oxygens (including phenoxy) is 2. The average molecular weight is 487 g/mol. The molecule has 0 radical (unpaired) electrons. The summed E-state index contributed by atoms with van der Waals surface area (Å²) < 4.78 is 10.8. The molecule has 6 nitrogen and oxygen atoms in total. The van der Waals surface area contributed by atoms with Crippen molar-refractivity contribution in [2.75, 3.05) is 7.11 Å². The summed E-state index contributed by atoms with van der Waals surface area (Å²) in [4.78, 5) is 28.4. The second-order valence-electron chi connectivity index (χ2n) is 9.55. The number of carbonyl (C=O) groups is 2. The molecule has 188 valence electrons. The van der Waals surface area contributed by atoms with Crippen molar-refractivity contribution in [2.45, 2.75) is 45.5 Å². The van der Waals surface area contributed by atoms with Crippen LogP contribution >= 0.6 is 0 Å². The lowest BCUT2D eigenvalue weighted by atomic mass is 9.73. The van der Waals surface area contributed by atoms with Crippen LogP contribution in [0, 0.1) is 11.8 Å². The fourth-order valence-corrected chi connectivity index (χ4v) is 4.95. The van der Waals surface area contributed by atoms with Gasteiger partial charge in [-0.1, -0.05) is 86.6 Å². The largest absolute Gasteiger partial charge is 0.497 e. The smallest absolute Gasteiger partial charge is 0.407 e. The van der Waals surface area contributed by atoms with E-state index in [0.29, 0.717) is 0 Å². The van der Waals surface area contributed by atoms with Gasteiger partial charge in [-0.05, 0) is 41.7 Å². The number of hydrogen-bond acceptors (Lipinski definition) is 4. The topological polar surface area (TPSA) is 67.9 Å². The van der Waals surface area contributed by atoms with Gasteiger partial charge in [0.25, 0.3) is 0 Å². The highest BCUT2D eigenvalue weighted by Gasteiger charge is 2.54. The summed E-state index contributed by atoms with van der Waals surface area (Å²) in [6, 6.07) is 26.7. The van der Waals surface area contributed by atoms with Crippen molar-refractivity contribution in [1.82, 2.24) is 10.2 Å². The SMILES string of the molecule is COc1ccc([C@@H](C)N2C(=O)[C@@H]([C@@H](NC(=O)OCc3ccccc3)C(C)C)[C@@H]2c2ccccc2)cc1. The van der Waals surface area contributed by atoms with Gasteiger partial charge in [0, 0.05) is 6.04 Å². The highest BCUT2D eigenvalue weighted by Crippen LogP contribution is 2.48. The second kappa shape index (κ2) is 11.3. The van der Waals surface area contributed by atoms with E-state index in [1.54, 1.807) is 7.11 Å². The molecule has 0 saturated carbocycles. The predicted molar refractivity (Wildman–Crippen MR) is 139 cm³/mol. The van der Waals surface area contributed by atoms with Gasteiger partial charge >= 0.3 is 6.09 Å². The summed E-state index contributed by atoms with van der Waals surface area (Å²) in [5.74, 6) is 0.441. The highest BCUT2D eigenvalue weighted by molar-refractivity contribution is 5.88. The maximum Gasteiger partial charge on any atom is 0.407 e. The molecule has 0 unspecified atom stereocenters. The van der Waals surface area contributed by atoms with Crippen LogP contribution in [0.2, 0.25) is 0 Å². The summed E-state index contributed by atoms with van der Waals surface area (Å²) in [5.41, 5.74) is 2.99. The van der Waals surface area contributed by atoms with Crippen molar-refractivity contribution < 1.29 is 19.1 Å². The number of β-lactam (4-membered cyclic amide) rings is 1. The Kier molecular flexibility index (Phi) is 7.93. The van der Waals surface area contributed by atoms with E-state index < -0.39 is 12.0 Å². The molecule has 0 spiro atoms. The van der Waals surface area contributed by atoms with Gasteiger partial charge in [0.2, 0.25) is 5.91 Å². The Hall–Kier alpha value is -3.80. The summed E-state index contributed by atoms with van der Waals surface area (Å²) in [6.45, 7) is 6.26. The Morgan fingerprint density at radius 2 is 1.53 bits per heavy atom. The van der Waals surface area contributed by atoms with Crippen LogP contribution in [0.5, 0.6) is 5.75 Å². The minimum Gasteiger partial charge on any atom is -0.497 e. The molecule has 2 amide bonds. The van der Waals surface area contributed by atoms with E-state index in [9.17, 15) is 9.59 Å². The zero-order valence-electron chi connectivity index (χ0n) is 21.3. The first kappa shape index (κ1) is 25.3. The van der Waals surface area contributed by atoms with Crippen LogP contribution in [0.1, 0.15) is 49.5 Å². The molecular formula is C30H34N2O4. The third-order valence-electron chi connectivity index (χ3n) is 6.94. The fraction of sp³-hybridized carbons (Fsp3) is 0.333. The molecule has 3 aromatic rings. The lowest BCUT2D eigenvalue weighted by molar-refractivity contribution is -0.165. The minimum atomic E-state index is -0.515. The number of likely N-dealkylation sites (tertiary alicyclic amines) is 1. The first-order chi connectivity index (χ1) is 17.4. The van der Waals surface area contributed by atoms with Crippen LogP contribution in [0.15, 0.2) is 84.9 Å². The number of benzene rings is 3. The van der Waals surface area contributed by atoms with Crippen LogP contribution in [-0.4, -0.2) is 30.1 Å². The van der Waals surface area contributed by atoms with Gasteiger partial charge in [-0.25, -0.2) is 4.79 Å². The van der Waals surface area contributed by atoms with E-state index in [1.807, 2.05) is 111 Å². The molecule has 1 aliphatic rings. The molecular weight excluding hydrogens is 452 g/mol. The normalized spacial score (nSPS) is 18.8. The monoisotopic (exact) mass is 486 g/mol. The van der Waals surface area contributed by atoms with Gasteiger partial charge in [-0.2, -0.15) is 0 Å². The third-order valence-corrected chi connectivity index (χ3v) is 6.94. The summed E-state index contributed by atoms with van der Waals surface area (Å²) in [7, 11) is 1.64. The third kappa shape index (κ3) is 5.38. The Bertz CT molecular complexity index is 1150. The zero-order valence-corrected chi connectivity index (χ0v) is 21.3. The number of alkyl carbamates (subject to hydrolysis) is 1. The highest BCUT2D eigenvalue weighted by atomic mass is 16.5. The van der Waals surface area contributed by atoms with Crippen molar-refractivity contribution in [3.8, 4) is 5.75 Å². The Morgan fingerprint density at radius 1 is 0.917 bits per heavy atom. The van der Waals surface area contributed by atoms with E-state index >= 15 is 0 Å². The van der Waals surface area contributed by atoms with Gasteiger partial charge in [0.1, 0.15) is 12.4 Å². The quantitative estimate of drug-likeness (QED) is 0.382. The zero-order chi connectivity index (χ0) is 25.7. The minimum absolute atomic E-state index is 0.0224. The van der Waals surface area contributed by atoms with Gasteiger partial charge < -0.3 is 19.7 Å². The first-order valence-electron chi connectivity index (χ1n) is 12.4. The predicted octanol–water partition coefficient (Wildman–Crippen LogP) is 5.91. The molecule has 1 aliphatic heterocycles. The van der Waals surface area contributed by atoms with Gasteiger partial charge in [-0.15, -0.1) is 0 Å². The van der Waals surface area contributed by atoms with Crippen LogP contribution in [0.4, 0.5) is 4.79 Å². The molecule has 0 aliphatic carbocycles. The molecule has 4 atom stereocenters. The van der Waals surface area contributed by atoms with E-state index in [4.69, 9.17) is 9.47 Å². The Morgan fingerprint density at radius 3 is 2.11 bits per heavy atom.